The Bertz CT molecular complexity index is 961. The molecule has 188 valence electrons. The summed E-state index contributed by atoms with van der Waals surface area (Å²) < 4.78 is 10.8. The molecule has 2 heterocycles. The maximum absolute atomic E-state index is 13.4. The Hall–Kier alpha value is -3.30. The molecule has 0 aliphatic carbocycles. The molecule has 1 aromatic carbocycles. The molecule has 9 heteroatoms. The number of benzene rings is 1. The molecule has 9 nitrogen and oxygen atoms in total. The average Bonchev–Trinajstić information content (AvgIpc) is 3.39. The van der Waals surface area contributed by atoms with Gasteiger partial charge in [-0.05, 0) is 37.5 Å². The summed E-state index contributed by atoms with van der Waals surface area (Å²) in [6.07, 6.45) is 3.35. The van der Waals surface area contributed by atoms with Crippen LogP contribution in [0.2, 0.25) is 0 Å². The highest BCUT2D eigenvalue weighted by atomic mass is 16.5. The SMILES string of the molecule is COCCN(C(=O)CCC(=O)Nc1ccccn1)[C@H](C(=O)NC[C@H]1CCCO1)c1ccc(C)cc1. The molecule has 0 unspecified atom stereocenters. The molecule has 1 aromatic heterocycles. The maximum Gasteiger partial charge on any atom is 0.247 e. The largest absolute Gasteiger partial charge is 0.383 e. The van der Waals surface area contributed by atoms with E-state index in [-0.39, 0.29) is 49.8 Å². The third kappa shape index (κ3) is 8.15. The number of hydrogen-bond acceptors (Lipinski definition) is 6. The van der Waals surface area contributed by atoms with Crippen LogP contribution in [0.4, 0.5) is 5.82 Å². The van der Waals surface area contributed by atoms with Crippen molar-refractivity contribution in [3.8, 4) is 0 Å². The summed E-state index contributed by atoms with van der Waals surface area (Å²) >= 11 is 0. The zero-order chi connectivity index (χ0) is 25.0. The Labute approximate surface area is 206 Å². The summed E-state index contributed by atoms with van der Waals surface area (Å²) in [5.74, 6) is -0.492. The van der Waals surface area contributed by atoms with Gasteiger partial charge in [-0.1, -0.05) is 35.9 Å². The van der Waals surface area contributed by atoms with Crippen LogP contribution in [0.3, 0.4) is 0 Å². The number of nitrogens with zero attached hydrogens (tertiary/aromatic N) is 2. The molecule has 1 saturated heterocycles. The number of hydrogen-bond donors (Lipinski definition) is 2. The van der Waals surface area contributed by atoms with Gasteiger partial charge in [0.2, 0.25) is 17.7 Å². The number of ether oxygens (including phenoxy) is 2. The Balaban J connectivity index is 1.73. The van der Waals surface area contributed by atoms with E-state index in [4.69, 9.17) is 9.47 Å². The Morgan fingerprint density at radius 2 is 1.97 bits per heavy atom. The van der Waals surface area contributed by atoms with Crippen molar-refractivity contribution in [2.45, 2.75) is 44.8 Å². The van der Waals surface area contributed by atoms with E-state index in [9.17, 15) is 14.4 Å². The fraction of sp³-hybridized carbons (Fsp3) is 0.462. The van der Waals surface area contributed by atoms with Gasteiger partial charge in [0.05, 0.1) is 12.7 Å². The normalized spacial score (nSPS) is 15.9. The van der Waals surface area contributed by atoms with Gasteiger partial charge in [0.1, 0.15) is 11.9 Å². The van der Waals surface area contributed by atoms with Crippen molar-refractivity contribution in [2.75, 3.05) is 38.7 Å². The van der Waals surface area contributed by atoms with Crippen LogP contribution in [-0.4, -0.2) is 67.1 Å². The molecule has 0 spiro atoms. The van der Waals surface area contributed by atoms with Crippen LogP contribution < -0.4 is 10.6 Å². The summed E-state index contributed by atoms with van der Waals surface area (Å²) in [7, 11) is 1.54. The van der Waals surface area contributed by atoms with E-state index in [1.165, 1.54) is 4.90 Å². The number of pyridine rings is 1. The lowest BCUT2D eigenvalue weighted by Crippen LogP contribution is -2.46. The van der Waals surface area contributed by atoms with E-state index in [2.05, 4.69) is 15.6 Å². The van der Waals surface area contributed by atoms with E-state index in [0.717, 1.165) is 18.4 Å². The van der Waals surface area contributed by atoms with Crippen molar-refractivity contribution in [3.63, 3.8) is 0 Å². The van der Waals surface area contributed by atoms with Gasteiger partial charge in [0.15, 0.2) is 0 Å². The highest BCUT2D eigenvalue weighted by Crippen LogP contribution is 2.24. The van der Waals surface area contributed by atoms with Crippen molar-refractivity contribution in [1.82, 2.24) is 15.2 Å². The van der Waals surface area contributed by atoms with Crippen LogP contribution in [-0.2, 0) is 23.9 Å². The average molecular weight is 483 g/mol. The minimum atomic E-state index is -0.849. The highest BCUT2D eigenvalue weighted by molar-refractivity contribution is 5.94. The standard InChI is InChI=1S/C26H34N4O5/c1-19-8-10-20(11-9-19)25(26(33)28-18-21-6-5-16-35-21)30(15-17-34-2)24(32)13-12-23(31)29-22-7-3-4-14-27-22/h3-4,7-11,14,21,25H,5-6,12-13,15-18H2,1-2H3,(H,28,33)(H,27,29,31)/t21-,25+/m1/s1. The number of rotatable bonds is 12. The Morgan fingerprint density at radius 1 is 1.17 bits per heavy atom. The first-order chi connectivity index (χ1) is 17.0. The number of carbonyl (C=O) groups excluding carboxylic acids is 3. The third-order valence-electron chi connectivity index (χ3n) is 5.84. The van der Waals surface area contributed by atoms with E-state index >= 15 is 0 Å². The highest BCUT2D eigenvalue weighted by Gasteiger charge is 2.32. The summed E-state index contributed by atoms with van der Waals surface area (Å²) in [5.41, 5.74) is 1.75. The fourth-order valence-electron chi connectivity index (χ4n) is 3.93. The van der Waals surface area contributed by atoms with Crippen LogP contribution in [0, 0.1) is 6.92 Å². The van der Waals surface area contributed by atoms with Crippen LogP contribution in [0.25, 0.3) is 0 Å². The second kappa shape index (κ2) is 13.6. The lowest BCUT2D eigenvalue weighted by Gasteiger charge is -2.31. The predicted molar refractivity (Wildman–Crippen MR) is 132 cm³/mol. The fourth-order valence-corrected chi connectivity index (χ4v) is 3.93. The predicted octanol–water partition coefficient (Wildman–Crippen LogP) is 2.62. The summed E-state index contributed by atoms with van der Waals surface area (Å²) in [4.78, 5) is 44.6. The molecular weight excluding hydrogens is 448 g/mol. The molecule has 3 rings (SSSR count). The smallest absolute Gasteiger partial charge is 0.247 e. The van der Waals surface area contributed by atoms with Gasteiger partial charge < -0.3 is 25.0 Å². The number of aromatic nitrogens is 1. The van der Waals surface area contributed by atoms with E-state index in [1.54, 1.807) is 31.5 Å². The van der Waals surface area contributed by atoms with E-state index in [0.29, 0.717) is 24.5 Å². The van der Waals surface area contributed by atoms with Crippen molar-refractivity contribution in [2.24, 2.45) is 0 Å². The van der Waals surface area contributed by atoms with Gasteiger partial charge in [-0.25, -0.2) is 4.98 Å². The zero-order valence-electron chi connectivity index (χ0n) is 20.4. The minimum Gasteiger partial charge on any atom is -0.383 e. The van der Waals surface area contributed by atoms with Crippen molar-refractivity contribution < 1.29 is 23.9 Å². The number of carbonyl (C=O) groups is 3. The second-order valence-electron chi connectivity index (χ2n) is 8.54. The number of amides is 3. The second-order valence-corrected chi connectivity index (χ2v) is 8.54. The molecule has 1 aliphatic heterocycles. The summed E-state index contributed by atoms with van der Waals surface area (Å²) in [6, 6.07) is 11.9. The maximum atomic E-state index is 13.4. The molecule has 0 bridgehead atoms. The minimum absolute atomic E-state index is 0.0176. The topological polar surface area (TPSA) is 110 Å². The zero-order valence-corrected chi connectivity index (χ0v) is 20.4. The molecule has 1 fully saturated rings. The first-order valence-corrected chi connectivity index (χ1v) is 11.9. The number of anilines is 1. The van der Waals surface area contributed by atoms with Crippen LogP contribution in [0.1, 0.15) is 42.9 Å². The van der Waals surface area contributed by atoms with Gasteiger partial charge in [-0.3, -0.25) is 14.4 Å². The van der Waals surface area contributed by atoms with Crippen LogP contribution in [0.15, 0.2) is 48.7 Å². The summed E-state index contributed by atoms with van der Waals surface area (Å²) in [6.45, 7) is 3.52. The van der Waals surface area contributed by atoms with Crippen molar-refractivity contribution in [1.29, 1.82) is 0 Å². The Morgan fingerprint density at radius 3 is 2.63 bits per heavy atom. The summed E-state index contributed by atoms with van der Waals surface area (Å²) in [5, 5.41) is 5.64. The molecule has 35 heavy (non-hydrogen) atoms. The molecule has 2 N–H and O–H groups in total. The lowest BCUT2D eigenvalue weighted by molar-refractivity contribution is -0.142. The van der Waals surface area contributed by atoms with Gasteiger partial charge >= 0.3 is 0 Å². The molecule has 1 aliphatic rings. The molecule has 0 radical (unpaired) electrons. The Kier molecular flexibility index (Phi) is 10.2. The van der Waals surface area contributed by atoms with Gasteiger partial charge in [-0.15, -0.1) is 0 Å². The van der Waals surface area contributed by atoms with Crippen molar-refractivity contribution in [3.05, 3.63) is 59.8 Å². The molecule has 2 atom stereocenters. The number of aryl methyl sites for hydroxylation is 1. The van der Waals surface area contributed by atoms with Gasteiger partial charge in [0.25, 0.3) is 0 Å². The number of nitrogens with one attached hydrogen (secondary N) is 2. The molecule has 2 aromatic rings. The van der Waals surface area contributed by atoms with Crippen molar-refractivity contribution >= 4 is 23.5 Å². The van der Waals surface area contributed by atoms with E-state index in [1.807, 2.05) is 31.2 Å². The van der Waals surface area contributed by atoms with Crippen LogP contribution >= 0.6 is 0 Å². The first-order valence-electron chi connectivity index (χ1n) is 11.9. The monoisotopic (exact) mass is 482 g/mol. The quantitative estimate of drug-likeness (QED) is 0.481. The number of methoxy groups -OCH3 is 1. The first kappa shape index (κ1) is 26.3. The van der Waals surface area contributed by atoms with E-state index < -0.39 is 6.04 Å². The third-order valence-corrected chi connectivity index (χ3v) is 5.84. The van der Waals surface area contributed by atoms with Gasteiger partial charge in [0, 0.05) is 45.8 Å². The molecular formula is C26H34N4O5. The molecule has 0 saturated carbocycles. The van der Waals surface area contributed by atoms with Crippen LogP contribution in [0.5, 0.6) is 0 Å². The van der Waals surface area contributed by atoms with Gasteiger partial charge in [-0.2, -0.15) is 0 Å². The molecule has 3 amide bonds. The lowest BCUT2D eigenvalue weighted by atomic mass is 10.0.